The summed E-state index contributed by atoms with van der Waals surface area (Å²) < 4.78 is 27.7. The van der Waals surface area contributed by atoms with Crippen LogP contribution >= 0.6 is 11.6 Å². The highest BCUT2D eigenvalue weighted by Crippen LogP contribution is 2.30. The van der Waals surface area contributed by atoms with Crippen LogP contribution in [0.5, 0.6) is 0 Å². The highest BCUT2D eigenvalue weighted by Gasteiger charge is 2.31. The summed E-state index contributed by atoms with van der Waals surface area (Å²) in [5.41, 5.74) is 5.19. The third-order valence-electron chi connectivity index (χ3n) is 4.19. The molecule has 1 saturated carbocycles. The fourth-order valence-corrected chi connectivity index (χ4v) is 4.63. The molecule has 0 radical (unpaired) electrons. The normalized spacial score (nSPS) is 17.8. The fraction of sp³-hybridized carbons (Fsp3) is 0.571. The molecular weight excluding hydrogens is 342 g/mol. The Labute approximate surface area is 140 Å². The van der Waals surface area contributed by atoms with Gasteiger partial charge >= 0.3 is 0 Å². The lowest BCUT2D eigenvalue weighted by Crippen LogP contribution is -2.45. The number of rotatable bonds is 6. The maximum absolute atomic E-state index is 12.6. The highest BCUT2D eigenvalue weighted by molar-refractivity contribution is 7.89. The van der Waals surface area contributed by atoms with E-state index in [-0.39, 0.29) is 22.4 Å². The van der Waals surface area contributed by atoms with Crippen molar-refractivity contribution in [2.45, 2.75) is 43.0 Å². The Balaban J connectivity index is 2.28. The number of hydrogen-bond donors (Lipinski definition) is 2. The Hall–Kier alpha value is -1.22. The molecule has 0 aromatic heterocycles. The molecule has 0 spiro atoms. The predicted octanol–water partition coefficient (Wildman–Crippen LogP) is 2.43. The van der Waals surface area contributed by atoms with Crippen molar-refractivity contribution < 1.29 is 13.3 Å². The zero-order valence-corrected chi connectivity index (χ0v) is 14.1. The number of hydrogen-bond acceptors (Lipinski definition) is 5. The quantitative estimate of drug-likeness (QED) is 0.596. The van der Waals surface area contributed by atoms with Crippen LogP contribution in [0.25, 0.3) is 0 Å². The zero-order valence-electron chi connectivity index (χ0n) is 12.6. The Kier molecular flexibility index (Phi) is 5.96. The maximum atomic E-state index is 12.6. The van der Waals surface area contributed by atoms with Gasteiger partial charge in [-0.1, -0.05) is 30.9 Å². The molecular formula is C14H20ClN3O4S. The minimum absolute atomic E-state index is 0.110. The average Bonchev–Trinajstić information content (AvgIpc) is 2.53. The Morgan fingerprint density at radius 2 is 2.00 bits per heavy atom. The first-order chi connectivity index (χ1) is 10.8. The topological polar surface area (TPSA) is 115 Å². The van der Waals surface area contributed by atoms with E-state index in [2.05, 4.69) is 4.72 Å². The van der Waals surface area contributed by atoms with E-state index in [9.17, 15) is 18.5 Å². The smallest absolute Gasteiger partial charge is 0.290 e. The minimum Gasteiger partial charge on any atom is -0.329 e. The van der Waals surface area contributed by atoms with E-state index < -0.39 is 26.7 Å². The molecule has 1 atom stereocenters. The third kappa shape index (κ3) is 4.41. The van der Waals surface area contributed by atoms with Gasteiger partial charge in [0.1, 0.15) is 0 Å². The standard InChI is InChI=1S/C14H20ClN3O4S/c15-11-6-7-14(13(8-11)18(19)20)23(21,22)17-12(9-16)10-4-2-1-3-5-10/h6-8,10,12,17H,1-5,9,16H2. The molecule has 1 aliphatic rings. The second kappa shape index (κ2) is 7.57. The second-order valence-corrected chi connectivity index (χ2v) is 7.85. The van der Waals surface area contributed by atoms with Gasteiger partial charge in [-0.25, -0.2) is 13.1 Å². The number of nitrogens with one attached hydrogen (secondary N) is 1. The molecule has 128 valence electrons. The first-order valence-electron chi connectivity index (χ1n) is 7.51. The minimum atomic E-state index is -4.04. The average molecular weight is 362 g/mol. The summed E-state index contributed by atoms with van der Waals surface area (Å²) in [7, 11) is -4.04. The lowest BCUT2D eigenvalue weighted by Gasteiger charge is -2.29. The summed E-state index contributed by atoms with van der Waals surface area (Å²) in [5, 5.41) is 11.2. The number of nitrogens with zero attached hydrogens (tertiary/aromatic N) is 1. The van der Waals surface area contributed by atoms with E-state index in [0.717, 1.165) is 44.2 Å². The van der Waals surface area contributed by atoms with Crippen molar-refractivity contribution in [1.82, 2.24) is 4.72 Å². The van der Waals surface area contributed by atoms with Crippen LogP contribution in [0.3, 0.4) is 0 Å². The van der Waals surface area contributed by atoms with Gasteiger partial charge < -0.3 is 5.73 Å². The zero-order chi connectivity index (χ0) is 17.0. The lowest BCUT2D eigenvalue weighted by molar-refractivity contribution is -0.387. The van der Waals surface area contributed by atoms with Gasteiger partial charge in [0.15, 0.2) is 4.90 Å². The van der Waals surface area contributed by atoms with Gasteiger partial charge in [0.05, 0.1) is 4.92 Å². The van der Waals surface area contributed by atoms with E-state index in [4.69, 9.17) is 17.3 Å². The Morgan fingerprint density at radius 1 is 1.35 bits per heavy atom. The summed E-state index contributed by atoms with van der Waals surface area (Å²) in [4.78, 5) is 9.97. The van der Waals surface area contributed by atoms with Crippen LogP contribution in [0.2, 0.25) is 5.02 Å². The maximum Gasteiger partial charge on any atom is 0.290 e. The van der Waals surface area contributed by atoms with Crippen LogP contribution in [0.15, 0.2) is 23.1 Å². The monoisotopic (exact) mass is 361 g/mol. The summed E-state index contributed by atoms with van der Waals surface area (Å²) in [6, 6.07) is 3.09. The molecule has 3 N–H and O–H groups in total. The summed E-state index contributed by atoms with van der Waals surface area (Å²) >= 11 is 5.73. The van der Waals surface area contributed by atoms with Crippen molar-refractivity contribution >= 4 is 27.3 Å². The summed E-state index contributed by atoms with van der Waals surface area (Å²) in [6.07, 6.45) is 5.05. The van der Waals surface area contributed by atoms with Gasteiger partial charge in [0.25, 0.3) is 5.69 Å². The Morgan fingerprint density at radius 3 is 2.57 bits per heavy atom. The van der Waals surface area contributed by atoms with Gasteiger partial charge in [-0.3, -0.25) is 10.1 Å². The molecule has 0 aliphatic heterocycles. The van der Waals surface area contributed by atoms with E-state index in [1.165, 1.54) is 6.07 Å². The Bertz CT molecular complexity index is 675. The molecule has 0 heterocycles. The van der Waals surface area contributed by atoms with E-state index in [1.54, 1.807) is 0 Å². The number of nitrogens with two attached hydrogens (primary N) is 1. The summed E-state index contributed by atoms with van der Waals surface area (Å²) in [6.45, 7) is 0.158. The van der Waals surface area contributed by atoms with Crippen LogP contribution in [-0.2, 0) is 10.0 Å². The van der Waals surface area contributed by atoms with Gasteiger partial charge in [0.2, 0.25) is 10.0 Å². The molecule has 0 amide bonds. The molecule has 9 heteroatoms. The number of halogens is 1. The van der Waals surface area contributed by atoms with Crippen molar-refractivity contribution in [3.63, 3.8) is 0 Å². The third-order valence-corrected chi connectivity index (χ3v) is 5.96. The van der Waals surface area contributed by atoms with Crippen molar-refractivity contribution in [2.75, 3.05) is 6.54 Å². The molecule has 1 unspecified atom stereocenters. The predicted molar refractivity (Wildman–Crippen MR) is 87.8 cm³/mol. The molecule has 0 saturated heterocycles. The van der Waals surface area contributed by atoms with Crippen LogP contribution in [0, 0.1) is 16.0 Å². The first-order valence-corrected chi connectivity index (χ1v) is 9.37. The molecule has 0 bridgehead atoms. The van der Waals surface area contributed by atoms with Crippen molar-refractivity contribution in [1.29, 1.82) is 0 Å². The molecule has 1 aromatic carbocycles. The fourth-order valence-electron chi connectivity index (χ4n) is 3.00. The lowest BCUT2D eigenvalue weighted by atomic mass is 9.84. The second-order valence-electron chi connectivity index (χ2n) is 5.73. The van der Waals surface area contributed by atoms with Crippen molar-refractivity contribution in [3.8, 4) is 0 Å². The van der Waals surface area contributed by atoms with E-state index >= 15 is 0 Å². The van der Waals surface area contributed by atoms with Crippen molar-refractivity contribution in [2.24, 2.45) is 11.7 Å². The molecule has 2 rings (SSSR count). The summed E-state index contributed by atoms with van der Waals surface area (Å²) in [5.74, 6) is 0.162. The molecule has 1 aromatic rings. The van der Waals surface area contributed by atoms with E-state index in [0.29, 0.717) is 0 Å². The molecule has 1 aliphatic carbocycles. The van der Waals surface area contributed by atoms with Gasteiger partial charge in [-0.05, 0) is 30.9 Å². The number of sulfonamides is 1. The SMILES string of the molecule is NCC(NS(=O)(=O)c1ccc(Cl)cc1[N+](=O)[O-])C1CCCCC1. The van der Waals surface area contributed by atoms with Crippen LogP contribution in [0.4, 0.5) is 5.69 Å². The molecule has 1 fully saturated rings. The van der Waals surface area contributed by atoms with Crippen LogP contribution < -0.4 is 10.5 Å². The van der Waals surface area contributed by atoms with Crippen molar-refractivity contribution in [3.05, 3.63) is 33.3 Å². The van der Waals surface area contributed by atoms with E-state index in [1.807, 2.05) is 0 Å². The number of nitro benzene ring substituents is 1. The van der Waals surface area contributed by atoms with Gasteiger partial charge in [-0.15, -0.1) is 0 Å². The van der Waals surface area contributed by atoms with Gasteiger partial charge in [0, 0.05) is 23.7 Å². The van der Waals surface area contributed by atoms with Gasteiger partial charge in [-0.2, -0.15) is 0 Å². The highest BCUT2D eigenvalue weighted by atomic mass is 35.5. The largest absolute Gasteiger partial charge is 0.329 e. The van der Waals surface area contributed by atoms with Crippen LogP contribution in [0.1, 0.15) is 32.1 Å². The molecule has 7 nitrogen and oxygen atoms in total. The van der Waals surface area contributed by atoms with Crippen LogP contribution in [-0.4, -0.2) is 25.9 Å². The molecule has 23 heavy (non-hydrogen) atoms. The first kappa shape index (κ1) is 18.1. The number of nitro groups is 1. The number of benzene rings is 1.